The first-order chi connectivity index (χ1) is 8.70. The molecule has 1 heterocycles. The fraction of sp³-hybridized carbons (Fsp3) is 0. The van der Waals surface area contributed by atoms with Crippen molar-refractivity contribution in [2.24, 2.45) is 0 Å². The Morgan fingerprint density at radius 1 is 1.39 bits per heavy atom. The van der Waals surface area contributed by atoms with Crippen LogP contribution in [0.25, 0.3) is 0 Å². The SMILES string of the molecule is N#Cc1ccc(F)c(C(=O)Nc2cccnc2)c1. The van der Waals surface area contributed by atoms with Gasteiger partial charge < -0.3 is 5.32 Å². The molecule has 0 radical (unpaired) electrons. The van der Waals surface area contributed by atoms with Gasteiger partial charge in [-0.15, -0.1) is 0 Å². The smallest absolute Gasteiger partial charge is 0.258 e. The normalized spacial score (nSPS) is 9.56. The Kier molecular flexibility index (Phi) is 3.30. The highest BCUT2D eigenvalue weighted by Crippen LogP contribution is 2.13. The number of halogens is 1. The van der Waals surface area contributed by atoms with E-state index < -0.39 is 11.7 Å². The summed E-state index contributed by atoms with van der Waals surface area (Å²) < 4.78 is 13.5. The predicted molar refractivity (Wildman–Crippen MR) is 63.3 cm³/mol. The topological polar surface area (TPSA) is 65.8 Å². The van der Waals surface area contributed by atoms with E-state index in [1.54, 1.807) is 18.3 Å². The number of hydrogen-bond acceptors (Lipinski definition) is 3. The van der Waals surface area contributed by atoms with Crippen LogP contribution >= 0.6 is 0 Å². The molecule has 1 amide bonds. The van der Waals surface area contributed by atoms with E-state index in [2.05, 4.69) is 10.3 Å². The summed E-state index contributed by atoms with van der Waals surface area (Å²) >= 11 is 0. The molecule has 0 spiro atoms. The van der Waals surface area contributed by atoms with Crippen LogP contribution in [0.1, 0.15) is 15.9 Å². The number of anilines is 1. The monoisotopic (exact) mass is 241 g/mol. The molecule has 0 fully saturated rings. The highest BCUT2D eigenvalue weighted by Gasteiger charge is 2.12. The van der Waals surface area contributed by atoms with Crippen molar-refractivity contribution in [1.82, 2.24) is 4.98 Å². The standard InChI is InChI=1S/C13H8FN3O/c14-12-4-3-9(7-15)6-11(12)13(18)17-10-2-1-5-16-8-10/h1-6,8H,(H,17,18). The van der Waals surface area contributed by atoms with Crippen LogP contribution in [-0.2, 0) is 0 Å². The van der Waals surface area contributed by atoms with Gasteiger partial charge in [0.25, 0.3) is 5.91 Å². The lowest BCUT2D eigenvalue weighted by Gasteiger charge is -2.05. The number of nitrogens with one attached hydrogen (secondary N) is 1. The number of aromatic nitrogens is 1. The zero-order valence-electron chi connectivity index (χ0n) is 9.22. The van der Waals surface area contributed by atoms with Gasteiger partial charge in [-0.25, -0.2) is 4.39 Å². The van der Waals surface area contributed by atoms with Gasteiger partial charge in [0.2, 0.25) is 0 Å². The zero-order valence-corrected chi connectivity index (χ0v) is 9.22. The van der Waals surface area contributed by atoms with Gasteiger partial charge in [-0.2, -0.15) is 5.26 Å². The first-order valence-corrected chi connectivity index (χ1v) is 5.12. The van der Waals surface area contributed by atoms with Crippen molar-refractivity contribution in [1.29, 1.82) is 5.26 Å². The molecule has 0 saturated carbocycles. The van der Waals surface area contributed by atoms with E-state index in [1.165, 1.54) is 18.3 Å². The zero-order chi connectivity index (χ0) is 13.0. The van der Waals surface area contributed by atoms with Gasteiger partial charge in [0.1, 0.15) is 5.82 Å². The van der Waals surface area contributed by atoms with Gasteiger partial charge in [-0.05, 0) is 30.3 Å². The van der Waals surface area contributed by atoms with Crippen molar-refractivity contribution in [3.05, 3.63) is 59.7 Å². The lowest BCUT2D eigenvalue weighted by molar-refractivity contribution is 0.102. The van der Waals surface area contributed by atoms with E-state index in [0.29, 0.717) is 5.69 Å². The van der Waals surface area contributed by atoms with Crippen LogP contribution in [0.2, 0.25) is 0 Å². The van der Waals surface area contributed by atoms with Crippen molar-refractivity contribution in [2.75, 3.05) is 5.32 Å². The number of pyridine rings is 1. The molecule has 2 rings (SSSR count). The van der Waals surface area contributed by atoms with Gasteiger partial charge >= 0.3 is 0 Å². The Morgan fingerprint density at radius 3 is 2.89 bits per heavy atom. The average Bonchev–Trinajstić information content (AvgIpc) is 2.40. The molecule has 1 aromatic carbocycles. The molecule has 1 N–H and O–H groups in total. The van der Waals surface area contributed by atoms with Crippen LogP contribution in [0, 0.1) is 17.1 Å². The van der Waals surface area contributed by atoms with E-state index in [4.69, 9.17) is 5.26 Å². The largest absolute Gasteiger partial charge is 0.320 e. The minimum Gasteiger partial charge on any atom is -0.320 e. The highest BCUT2D eigenvalue weighted by atomic mass is 19.1. The maximum Gasteiger partial charge on any atom is 0.258 e. The van der Waals surface area contributed by atoms with Gasteiger partial charge in [-0.3, -0.25) is 9.78 Å². The molecule has 0 aliphatic carbocycles. The third-order valence-corrected chi connectivity index (χ3v) is 2.26. The average molecular weight is 241 g/mol. The first kappa shape index (κ1) is 11.7. The molecule has 0 saturated heterocycles. The quantitative estimate of drug-likeness (QED) is 0.877. The van der Waals surface area contributed by atoms with E-state index in [0.717, 1.165) is 6.07 Å². The van der Waals surface area contributed by atoms with E-state index in [-0.39, 0.29) is 11.1 Å². The third-order valence-electron chi connectivity index (χ3n) is 2.26. The molecule has 2 aromatic rings. The Morgan fingerprint density at radius 2 is 2.22 bits per heavy atom. The lowest BCUT2D eigenvalue weighted by Crippen LogP contribution is -2.14. The summed E-state index contributed by atoms with van der Waals surface area (Å²) in [6.07, 6.45) is 3.01. The number of amides is 1. The minimum absolute atomic E-state index is 0.169. The van der Waals surface area contributed by atoms with Gasteiger partial charge in [0.05, 0.1) is 29.1 Å². The van der Waals surface area contributed by atoms with Crippen LogP contribution in [0.5, 0.6) is 0 Å². The fourth-order valence-corrected chi connectivity index (χ4v) is 1.40. The molecule has 5 heteroatoms. The van der Waals surface area contributed by atoms with Crippen molar-refractivity contribution in [2.45, 2.75) is 0 Å². The maximum atomic E-state index is 13.5. The molecule has 4 nitrogen and oxygen atoms in total. The Balaban J connectivity index is 2.27. The Bertz CT molecular complexity index is 620. The number of carbonyl (C=O) groups is 1. The summed E-state index contributed by atoms with van der Waals surface area (Å²) in [7, 11) is 0. The van der Waals surface area contributed by atoms with Crippen molar-refractivity contribution in [3.8, 4) is 6.07 Å². The number of nitriles is 1. The number of rotatable bonds is 2. The van der Waals surface area contributed by atoms with Crippen LogP contribution in [-0.4, -0.2) is 10.9 Å². The number of hydrogen-bond donors (Lipinski definition) is 1. The van der Waals surface area contributed by atoms with E-state index >= 15 is 0 Å². The van der Waals surface area contributed by atoms with Crippen molar-refractivity contribution < 1.29 is 9.18 Å². The predicted octanol–water partition coefficient (Wildman–Crippen LogP) is 2.34. The van der Waals surface area contributed by atoms with Crippen LogP contribution < -0.4 is 5.32 Å². The Labute approximate surface area is 103 Å². The number of benzene rings is 1. The van der Waals surface area contributed by atoms with Crippen LogP contribution in [0.3, 0.4) is 0 Å². The minimum atomic E-state index is -0.671. The number of carbonyl (C=O) groups excluding carboxylic acids is 1. The van der Waals surface area contributed by atoms with Crippen LogP contribution in [0.15, 0.2) is 42.7 Å². The van der Waals surface area contributed by atoms with E-state index in [1.807, 2.05) is 6.07 Å². The molecule has 0 unspecified atom stereocenters. The first-order valence-electron chi connectivity index (χ1n) is 5.12. The number of nitrogens with zero attached hydrogens (tertiary/aromatic N) is 2. The van der Waals surface area contributed by atoms with Crippen molar-refractivity contribution in [3.63, 3.8) is 0 Å². The summed E-state index contributed by atoms with van der Waals surface area (Å²) in [5, 5.41) is 11.2. The molecular weight excluding hydrogens is 233 g/mol. The summed E-state index contributed by atoms with van der Waals surface area (Å²) in [6.45, 7) is 0. The molecular formula is C13H8FN3O. The van der Waals surface area contributed by atoms with Crippen LogP contribution in [0.4, 0.5) is 10.1 Å². The molecule has 18 heavy (non-hydrogen) atoms. The lowest BCUT2D eigenvalue weighted by atomic mass is 10.1. The summed E-state index contributed by atoms with van der Waals surface area (Å²) in [6, 6.07) is 8.76. The molecule has 88 valence electrons. The third kappa shape index (κ3) is 2.50. The summed E-state index contributed by atoms with van der Waals surface area (Å²) in [5.41, 5.74) is 0.523. The maximum absolute atomic E-state index is 13.5. The summed E-state index contributed by atoms with van der Waals surface area (Å²) in [4.78, 5) is 15.6. The van der Waals surface area contributed by atoms with Gasteiger partial charge in [0, 0.05) is 6.20 Å². The fourth-order valence-electron chi connectivity index (χ4n) is 1.40. The second-order valence-corrected chi connectivity index (χ2v) is 3.50. The van der Waals surface area contributed by atoms with E-state index in [9.17, 15) is 9.18 Å². The summed E-state index contributed by atoms with van der Waals surface area (Å²) in [5.74, 6) is -1.28. The second-order valence-electron chi connectivity index (χ2n) is 3.50. The van der Waals surface area contributed by atoms with Crippen molar-refractivity contribution >= 4 is 11.6 Å². The molecule has 0 aliphatic heterocycles. The second kappa shape index (κ2) is 5.06. The Hall–Kier alpha value is -2.74. The van der Waals surface area contributed by atoms with Gasteiger partial charge in [0.15, 0.2) is 0 Å². The highest BCUT2D eigenvalue weighted by molar-refractivity contribution is 6.04. The molecule has 0 bridgehead atoms. The molecule has 0 atom stereocenters. The van der Waals surface area contributed by atoms with Gasteiger partial charge in [-0.1, -0.05) is 0 Å². The molecule has 1 aromatic heterocycles. The molecule has 0 aliphatic rings.